The van der Waals surface area contributed by atoms with Crippen molar-refractivity contribution in [3.05, 3.63) is 12.2 Å². The summed E-state index contributed by atoms with van der Waals surface area (Å²) in [5.41, 5.74) is 0. The maximum absolute atomic E-state index is 10.8. The van der Waals surface area contributed by atoms with Gasteiger partial charge in [0.15, 0.2) is 0 Å². The third kappa shape index (κ3) is 2.70. The largest absolute Gasteiger partial charge is 0.389 e. The monoisotopic (exact) mass is 214 g/mol. The number of hydrogen-bond donors (Lipinski definition) is 1. The minimum atomic E-state index is -1.57. The molecule has 0 bridgehead atoms. The normalized spacial score (nSPS) is 17.7. The first-order valence-corrected chi connectivity index (χ1v) is 9.19. The van der Waals surface area contributed by atoms with Gasteiger partial charge in [0.25, 0.3) is 0 Å². The van der Waals surface area contributed by atoms with E-state index < -0.39 is 13.3 Å². The van der Waals surface area contributed by atoms with Crippen molar-refractivity contribution in [3.8, 4) is 0 Å². The van der Waals surface area contributed by atoms with Gasteiger partial charge in [-0.2, -0.15) is 0 Å². The number of hydrogen-bond acceptors (Lipinski definition) is 1. The highest BCUT2D eigenvalue weighted by Crippen LogP contribution is 2.34. The van der Waals surface area contributed by atoms with Crippen LogP contribution in [-0.2, 0) is 0 Å². The molecule has 1 nitrogen and oxygen atoms in total. The Morgan fingerprint density at radius 3 is 1.86 bits per heavy atom. The van der Waals surface area contributed by atoms with Gasteiger partial charge >= 0.3 is 0 Å². The van der Waals surface area contributed by atoms with Gasteiger partial charge in [-0.1, -0.05) is 58.5 Å². The third-order valence-corrected chi connectivity index (χ3v) is 6.21. The molecule has 0 fully saturated rings. The molecule has 0 aliphatic rings. The summed E-state index contributed by atoms with van der Waals surface area (Å²) in [7, 11) is -1.57. The topological polar surface area (TPSA) is 20.2 Å². The zero-order valence-corrected chi connectivity index (χ0v) is 11.6. The first-order valence-electron chi connectivity index (χ1n) is 5.69. The first kappa shape index (κ1) is 13.9. The average molecular weight is 214 g/mol. The molecule has 14 heavy (non-hydrogen) atoms. The standard InChI is InChI=1S/C12H26OSi/c1-7-10-12(13,14(4,5)6)11(8-2)9-3/h7,10-11,13H,8-9H2,1-6H3/b10-7+. The van der Waals surface area contributed by atoms with Crippen LogP contribution in [0.25, 0.3) is 0 Å². The quantitative estimate of drug-likeness (QED) is 0.547. The van der Waals surface area contributed by atoms with Gasteiger partial charge in [0.2, 0.25) is 0 Å². The van der Waals surface area contributed by atoms with Crippen molar-refractivity contribution >= 4 is 8.07 Å². The van der Waals surface area contributed by atoms with Crippen molar-refractivity contribution in [2.75, 3.05) is 0 Å². The summed E-state index contributed by atoms with van der Waals surface area (Å²) < 4.78 is 0. The van der Waals surface area contributed by atoms with Crippen LogP contribution in [0, 0.1) is 5.92 Å². The lowest BCUT2D eigenvalue weighted by atomic mass is 9.95. The van der Waals surface area contributed by atoms with Crippen LogP contribution < -0.4 is 0 Å². The lowest BCUT2D eigenvalue weighted by Gasteiger charge is -2.42. The Labute approximate surface area is 90.2 Å². The number of aliphatic hydroxyl groups is 1. The van der Waals surface area contributed by atoms with Gasteiger partial charge in [0.1, 0.15) is 0 Å². The molecule has 0 aliphatic carbocycles. The molecule has 0 rings (SSSR count). The molecule has 1 N–H and O–H groups in total. The first-order chi connectivity index (χ1) is 6.33. The van der Waals surface area contributed by atoms with Gasteiger partial charge in [-0.05, 0) is 12.8 Å². The second-order valence-electron chi connectivity index (χ2n) is 5.09. The van der Waals surface area contributed by atoms with Crippen molar-refractivity contribution in [1.82, 2.24) is 0 Å². The maximum Gasteiger partial charge on any atom is 0.0873 e. The van der Waals surface area contributed by atoms with Gasteiger partial charge in [0, 0.05) is 0 Å². The fourth-order valence-electron chi connectivity index (χ4n) is 2.16. The van der Waals surface area contributed by atoms with Crippen LogP contribution in [0.5, 0.6) is 0 Å². The Morgan fingerprint density at radius 1 is 1.21 bits per heavy atom. The Bertz CT molecular complexity index is 189. The SMILES string of the molecule is C/C=C/C(O)(C(CC)CC)[Si](C)(C)C. The fraction of sp³-hybridized carbons (Fsp3) is 0.833. The van der Waals surface area contributed by atoms with Gasteiger partial charge in [-0.3, -0.25) is 0 Å². The lowest BCUT2D eigenvalue weighted by molar-refractivity contribution is 0.0921. The van der Waals surface area contributed by atoms with E-state index in [9.17, 15) is 5.11 Å². The van der Waals surface area contributed by atoms with E-state index in [1.165, 1.54) is 0 Å². The van der Waals surface area contributed by atoms with Crippen molar-refractivity contribution in [2.24, 2.45) is 5.92 Å². The van der Waals surface area contributed by atoms with E-state index in [-0.39, 0.29) is 0 Å². The second kappa shape index (κ2) is 5.13. The molecule has 0 amide bonds. The molecule has 0 heterocycles. The van der Waals surface area contributed by atoms with Crippen molar-refractivity contribution in [3.63, 3.8) is 0 Å². The van der Waals surface area contributed by atoms with E-state index in [1.807, 2.05) is 19.1 Å². The smallest absolute Gasteiger partial charge is 0.0873 e. The van der Waals surface area contributed by atoms with Crippen LogP contribution in [0.3, 0.4) is 0 Å². The van der Waals surface area contributed by atoms with Crippen LogP contribution in [0.2, 0.25) is 19.6 Å². The van der Waals surface area contributed by atoms with Crippen LogP contribution in [0.15, 0.2) is 12.2 Å². The van der Waals surface area contributed by atoms with E-state index >= 15 is 0 Å². The second-order valence-corrected chi connectivity index (χ2v) is 10.4. The maximum atomic E-state index is 10.8. The van der Waals surface area contributed by atoms with Gasteiger partial charge < -0.3 is 5.11 Å². The van der Waals surface area contributed by atoms with E-state index in [0.717, 1.165) is 12.8 Å². The summed E-state index contributed by atoms with van der Waals surface area (Å²) >= 11 is 0. The molecule has 0 saturated heterocycles. The molecule has 0 aromatic heterocycles. The Balaban J connectivity index is 5.07. The molecule has 0 aromatic carbocycles. The van der Waals surface area contributed by atoms with Crippen LogP contribution >= 0.6 is 0 Å². The predicted octanol–water partition coefficient (Wildman–Crippen LogP) is 3.61. The Morgan fingerprint density at radius 2 is 1.64 bits per heavy atom. The van der Waals surface area contributed by atoms with Gasteiger partial charge in [-0.15, -0.1) is 0 Å². The highest BCUT2D eigenvalue weighted by Gasteiger charge is 2.43. The molecule has 0 aliphatic heterocycles. The molecule has 1 unspecified atom stereocenters. The van der Waals surface area contributed by atoms with Crippen molar-refractivity contribution in [2.45, 2.75) is 58.5 Å². The van der Waals surface area contributed by atoms with Crippen molar-refractivity contribution in [1.29, 1.82) is 0 Å². The van der Waals surface area contributed by atoms with E-state index in [0.29, 0.717) is 5.92 Å². The molecule has 0 radical (unpaired) electrons. The zero-order chi connectivity index (χ0) is 11.4. The molecule has 0 saturated carbocycles. The Kier molecular flexibility index (Phi) is 5.10. The van der Waals surface area contributed by atoms with Gasteiger partial charge in [0.05, 0.1) is 13.3 Å². The summed E-state index contributed by atoms with van der Waals surface area (Å²) in [6.07, 6.45) is 6.14. The van der Waals surface area contributed by atoms with Crippen LogP contribution in [0.4, 0.5) is 0 Å². The molecule has 0 spiro atoms. The summed E-state index contributed by atoms with van der Waals surface area (Å²) in [5, 5.41) is 10.2. The highest BCUT2D eigenvalue weighted by atomic mass is 28.3. The predicted molar refractivity (Wildman–Crippen MR) is 67.2 cm³/mol. The third-order valence-electron chi connectivity index (χ3n) is 3.23. The molecule has 0 aromatic rings. The molecular weight excluding hydrogens is 188 g/mol. The molecular formula is C12H26OSi. The van der Waals surface area contributed by atoms with Gasteiger partial charge in [-0.25, -0.2) is 0 Å². The van der Waals surface area contributed by atoms with E-state index in [2.05, 4.69) is 33.5 Å². The molecule has 1 atom stereocenters. The Hall–Kier alpha value is -0.0831. The fourth-order valence-corrected chi connectivity index (χ4v) is 4.46. The summed E-state index contributed by atoms with van der Waals surface area (Å²) in [5.74, 6) is 0.408. The average Bonchev–Trinajstić information content (AvgIpc) is 2.04. The molecule has 2 heteroatoms. The van der Waals surface area contributed by atoms with Crippen LogP contribution in [-0.4, -0.2) is 18.4 Å². The number of allylic oxidation sites excluding steroid dienone is 1. The summed E-state index contributed by atoms with van der Waals surface area (Å²) in [6, 6.07) is 0. The lowest BCUT2D eigenvalue weighted by Crippen LogP contribution is -2.55. The molecule has 84 valence electrons. The zero-order valence-electron chi connectivity index (χ0n) is 10.6. The minimum absolute atomic E-state index is 0.408. The summed E-state index contributed by atoms with van der Waals surface area (Å²) in [6.45, 7) is 13.1. The van der Waals surface area contributed by atoms with Crippen LogP contribution in [0.1, 0.15) is 33.6 Å². The number of rotatable bonds is 5. The highest BCUT2D eigenvalue weighted by molar-refractivity contribution is 6.79. The summed E-state index contributed by atoms with van der Waals surface area (Å²) in [4.78, 5) is 0. The van der Waals surface area contributed by atoms with Crippen molar-refractivity contribution < 1.29 is 5.11 Å². The van der Waals surface area contributed by atoms with E-state index in [1.54, 1.807) is 0 Å². The minimum Gasteiger partial charge on any atom is -0.389 e. The van der Waals surface area contributed by atoms with E-state index in [4.69, 9.17) is 0 Å².